The minimum atomic E-state index is -0.289. The van der Waals surface area contributed by atoms with Crippen LogP contribution in [-0.4, -0.2) is 29.8 Å². The molecule has 2 aromatic carbocycles. The first-order chi connectivity index (χ1) is 12.2. The molecular formula is C17H13N3O4S. The lowest BCUT2D eigenvalue weighted by atomic mass is 10.2. The maximum absolute atomic E-state index is 12.6. The molecule has 1 aliphatic heterocycles. The van der Waals surface area contributed by atoms with Crippen LogP contribution in [0.4, 0.5) is 0 Å². The lowest BCUT2D eigenvalue weighted by Gasteiger charge is -2.06. The summed E-state index contributed by atoms with van der Waals surface area (Å²) in [5.41, 5.74) is 1.08. The van der Waals surface area contributed by atoms with Gasteiger partial charge >= 0.3 is 0 Å². The van der Waals surface area contributed by atoms with E-state index in [0.29, 0.717) is 33.7 Å². The van der Waals surface area contributed by atoms with E-state index in [1.807, 2.05) is 6.07 Å². The second-order valence-corrected chi connectivity index (χ2v) is 5.68. The number of nitrogens with one attached hydrogen (secondary N) is 1. The van der Waals surface area contributed by atoms with Gasteiger partial charge in [-0.3, -0.25) is 4.79 Å². The summed E-state index contributed by atoms with van der Waals surface area (Å²) in [5, 5.41) is 4.73. The van der Waals surface area contributed by atoms with Crippen molar-refractivity contribution in [3.8, 4) is 17.2 Å². The summed E-state index contributed by atoms with van der Waals surface area (Å²) in [6, 6.07) is 10.6. The number of hydrogen-bond acceptors (Lipinski definition) is 6. The van der Waals surface area contributed by atoms with E-state index in [1.165, 1.54) is 6.21 Å². The maximum Gasteiger partial charge on any atom is 0.282 e. The molecular weight excluding hydrogens is 342 g/mol. The van der Waals surface area contributed by atoms with Crippen molar-refractivity contribution in [1.82, 2.24) is 9.66 Å². The molecule has 126 valence electrons. The van der Waals surface area contributed by atoms with Gasteiger partial charge < -0.3 is 19.2 Å². The zero-order valence-electron chi connectivity index (χ0n) is 13.2. The molecule has 0 aliphatic carbocycles. The first-order valence-electron chi connectivity index (χ1n) is 7.43. The Morgan fingerprint density at radius 3 is 3.00 bits per heavy atom. The van der Waals surface area contributed by atoms with Crippen LogP contribution >= 0.6 is 12.2 Å². The third kappa shape index (κ3) is 2.66. The Labute approximate surface area is 147 Å². The van der Waals surface area contributed by atoms with Gasteiger partial charge in [0.25, 0.3) is 5.56 Å². The van der Waals surface area contributed by atoms with E-state index in [2.05, 4.69) is 10.1 Å². The summed E-state index contributed by atoms with van der Waals surface area (Å²) >= 11 is 5.23. The summed E-state index contributed by atoms with van der Waals surface area (Å²) in [6.45, 7) is 0.141. The Balaban J connectivity index is 1.80. The number of methoxy groups -OCH3 is 1. The predicted octanol–water partition coefficient (Wildman–Crippen LogP) is 2.68. The van der Waals surface area contributed by atoms with Gasteiger partial charge in [0.05, 0.1) is 24.2 Å². The summed E-state index contributed by atoms with van der Waals surface area (Å²) in [6.07, 6.45) is 1.52. The van der Waals surface area contributed by atoms with Crippen LogP contribution < -0.4 is 19.8 Å². The first-order valence-corrected chi connectivity index (χ1v) is 7.84. The molecule has 0 saturated carbocycles. The highest BCUT2D eigenvalue weighted by Gasteiger charge is 2.19. The van der Waals surface area contributed by atoms with Gasteiger partial charge in [-0.2, -0.15) is 9.78 Å². The lowest BCUT2D eigenvalue weighted by Crippen LogP contribution is -2.18. The number of benzene rings is 2. The fraction of sp³-hybridized carbons (Fsp3) is 0.118. The molecule has 8 heteroatoms. The van der Waals surface area contributed by atoms with Crippen LogP contribution in [0.1, 0.15) is 5.56 Å². The highest BCUT2D eigenvalue weighted by molar-refractivity contribution is 7.71. The SMILES string of the molecule is COc1cc(/C=N\n2c(=S)[nH]c3ccccc3c2=O)cc2c1OCO2. The van der Waals surface area contributed by atoms with Gasteiger partial charge in [0.1, 0.15) is 0 Å². The van der Waals surface area contributed by atoms with Gasteiger partial charge in [-0.25, -0.2) is 0 Å². The Morgan fingerprint density at radius 2 is 2.16 bits per heavy atom. The molecule has 3 aromatic rings. The van der Waals surface area contributed by atoms with E-state index in [4.69, 9.17) is 26.4 Å². The molecule has 25 heavy (non-hydrogen) atoms. The van der Waals surface area contributed by atoms with Crippen LogP contribution in [0.2, 0.25) is 0 Å². The van der Waals surface area contributed by atoms with Crippen molar-refractivity contribution in [2.45, 2.75) is 0 Å². The smallest absolute Gasteiger partial charge is 0.282 e. The molecule has 1 aliphatic rings. The minimum Gasteiger partial charge on any atom is -0.493 e. The predicted molar refractivity (Wildman–Crippen MR) is 95.5 cm³/mol. The average Bonchev–Trinajstić information content (AvgIpc) is 3.09. The Morgan fingerprint density at radius 1 is 1.32 bits per heavy atom. The van der Waals surface area contributed by atoms with E-state index in [1.54, 1.807) is 37.4 Å². The van der Waals surface area contributed by atoms with Crippen molar-refractivity contribution in [3.05, 3.63) is 57.1 Å². The van der Waals surface area contributed by atoms with Gasteiger partial charge in [0.15, 0.2) is 11.5 Å². The third-order valence-corrected chi connectivity index (χ3v) is 4.06. The third-order valence-electron chi connectivity index (χ3n) is 3.79. The molecule has 0 spiro atoms. The molecule has 0 radical (unpaired) electrons. The summed E-state index contributed by atoms with van der Waals surface area (Å²) in [5.74, 6) is 1.66. The van der Waals surface area contributed by atoms with Crippen molar-refractivity contribution in [2.24, 2.45) is 5.10 Å². The molecule has 4 rings (SSSR count). The van der Waals surface area contributed by atoms with Crippen LogP contribution in [0, 0.1) is 4.77 Å². The van der Waals surface area contributed by atoms with E-state index >= 15 is 0 Å². The summed E-state index contributed by atoms with van der Waals surface area (Å²) in [4.78, 5) is 15.6. The van der Waals surface area contributed by atoms with E-state index < -0.39 is 0 Å². The highest BCUT2D eigenvalue weighted by atomic mass is 32.1. The van der Waals surface area contributed by atoms with Crippen molar-refractivity contribution in [3.63, 3.8) is 0 Å². The number of H-pyrrole nitrogens is 1. The number of aromatic amines is 1. The van der Waals surface area contributed by atoms with Gasteiger partial charge in [-0.15, -0.1) is 0 Å². The number of hydrogen-bond donors (Lipinski definition) is 1. The van der Waals surface area contributed by atoms with Crippen LogP contribution in [0.5, 0.6) is 17.2 Å². The van der Waals surface area contributed by atoms with Gasteiger partial charge in [-0.1, -0.05) is 12.1 Å². The standard InChI is InChI=1S/C17H13N3O4S/c1-22-13-6-10(7-14-15(13)24-9-23-14)8-18-20-16(21)11-4-2-3-5-12(11)19-17(20)25/h2-8H,9H2,1H3,(H,19,25)/b18-8-. The molecule has 0 atom stereocenters. The average molecular weight is 355 g/mol. The van der Waals surface area contributed by atoms with E-state index in [-0.39, 0.29) is 17.1 Å². The zero-order valence-corrected chi connectivity index (χ0v) is 14.0. The van der Waals surface area contributed by atoms with Gasteiger partial charge in [0, 0.05) is 5.56 Å². The molecule has 0 unspecified atom stereocenters. The number of fused-ring (bicyclic) bond motifs is 2. The molecule has 0 bridgehead atoms. The van der Waals surface area contributed by atoms with Crippen molar-refractivity contribution in [2.75, 3.05) is 13.9 Å². The topological polar surface area (TPSA) is 77.8 Å². The molecule has 0 fully saturated rings. The largest absolute Gasteiger partial charge is 0.493 e. The minimum absolute atomic E-state index is 0.141. The monoisotopic (exact) mass is 355 g/mol. The molecule has 0 saturated heterocycles. The zero-order chi connectivity index (χ0) is 17.4. The van der Waals surface area contributed by atoms with Crippen molar-refractivity contribution in [1.29, 1.82) is 0 Å². The Hall–Kier alpha value is -3.13. The fourth-order valence-corrected chi connectivity index (χ4v) is 2.85. The van der Waals surface area contributed by atoms with E-state index in [0.717, 1.165) is 4.68 Å². The van der Waals surface area contributed by atoms with Crippen LogP contribution in [0.3, 0.4) is 0 Å². The van der Waals surface area contributed by atoms with Crippen LogP contribution in [-0.2, 0) is 0 Å². The van der Waals surface area contributed by atoms with Crippen molar-refractivity contribution >= 4 is 29.3 Å². The first kappa shape index (κ1) is 15.4. The number of aromatic nitrogens is 2. The number of ether oxygens (including phenoxy) is 3. The normalized spacial score (nSPS) is 12.8. The fourth-order valence-electron chi connectivity index (χ4n) is 2.61. The quantitative estimate of drug-likeness (QED) is 0.577. The maximum atomic E-state index is 12.6. The molecule has 0 amide bonds. The second kappa shape index (κ2) is 6.06. The lowest BCUT2D eigenvalue weighted by molar-refractivity contribution is 0.171. The van der Waals surface area contributed by atoms with E-state index in [9.17, 15) is 4.79 Å². The summed E-state index contributed by atoms with van der Waals surface area (Å²) in [7, 11) is 1.54. The molecule has 1 aromatic heterocycles. The number of para-hydroxylation sites is 1. The number of nitrogens with zero attached hydrogens (tertiary/aromatic N) is 2. The van der Waals surface area contributed by atoms with Crippen LogP contribution in [0.15, 0.2) is 46.3 Å². The Kier molecular flexibility index (Phi) is 3.73. The summed E-state index contributed by atoms with van der Waals surface area (Å²) < 4.78 is 17.4. The molecule has 1 N–H and O–H groups in total. The van der Waals surface area contributed by atoms with Crippen molar-refractivity contribution < 1.29 is 14.2 Å². The van der Waals surface area contributed by atoms with Crippen LogP contribution in [0.25, 0.3) is 10.9 Å². The van der Waals surface area contributed by atoms with Gasteiger partial charge in [0.2, 0.25) is 17.3 Å². The Bertz CT molecular complexity index is 1120. The molecule has 7 nitrogen and oxygen atoms in total. The number of rotatable bonds is 3. The highest BCUT2D eigenvalue weighted by Crippen LogP contribution is 2.41. The van der Waals surface area contributed by atoms with Gasteiger partial charge in [-0.05, 0) is 36.5 Å². The molecule has 2 heterocycles. The second-order valence-electron chi connectivity index (χ2n) is 5.29.